The number of phenolic OH excluding ortho intramolecular Hbond substituents is 1. The van der Waals surface area contributed by atoms with Crippen molar-refractivity contribution in [2.24, 2.45) is 0 Å². The lowest BCUT2D eigenvalue weighted by Crippen LogP contribution is -2.30. The van der Waals surface area contributed by atoms with Gasteiger partial charge in [-0.3, -0.25) is 4.90 Å². The Morgan fingerprint density at radius 3 is 2.14 bits per heavy atom. The highest BCUT2D eigenvalue weighted by Crippen LogP contribution is 2.34. The quantitative estimate of drug-likeness (QED) is 0.770. The number of aromatic hydroxyl groups is 1. The van der Waals surface area contributed by atoms with Crippen LogP contribution in [0.15, 0.2) is 73.8 Å². The maximum absolute atomic E-state index is 13.2. The summed E-state index contributed by atoms with van der Waals surface area (Å²) in [6, 6.07) is 13.4. The molecule has 0 aliphatic rings. The zero-order chi connectivity index (χ0) is 15.9. The summed E-state index contributed by atoms with van der Waals surface area (Å²) >= 11 is 0. The molecule has 0 radical (unpaired) electrons. The lowest BCUT2D eigenvalue weighted by molar-refractivity contribution is 0.272. The van der Waals surface area contributed by atoms with Crippen LogP contribution in [0.4, 0.5) is 4.39 Å². The van der Waals surface area contributed by atoms with Gasteiger partial charge < -0.3 is 5.11 Å². The van der Waals surface area contributed by atoms with Crippen molar-refractivity contribution in [2.45, 2.75) is 6.04 Å². The van der Waals surface area contributed by atoms with Gasteiger partial charge in [0.25, 0.3) is 0 Å². The van der Waals surface area contributed by atoms with Crippen LogP contribution < -0.4 is 0 Å². The van der Waals surface area contributed by atoms with E-state index in [2.05, 4.69) is 18.1 Å². The lowest BCUT2D eigenvalue weighted by Gasteiger charge is -2.31. The molecule has 0 bridgehead atoms. The highest BCUT2D eigenvalue weighted by molar-refractivity contribution is 5.41. The SMILES string of the molecule is C=CCN(CC=C)C(c1ccc(F)cc1)c1ccccc1O. The van der Waals surface area contributed by atoms with E-state index in [9.17, 15) is 9.50 Å². The molecule has 2 nitrogen and oxygen atoms in total. The van der Waals surface area contributed by atoms with Crippen molar-refractivity contribution in [1.82, 2.24) is 4.90 Å². The first kappa shape index (κ1) is 16.0. The summed E-state index contributed by atoms with van der Waals surface area (Å²) in [5.74, 6) is -0.0614. The molecule has 0 heterocycles. The maximum atomic E-state index is 13.2. The van der Waals surface area contributed by atoms with Gasteiger partial charge in [-0.15, -0.1) is 13.2 Å². The van der Waals surface area contributed by atoms with Crippen LogP contribution in [0.5, 0.6) is 5.75 Å². The first-order valence-corrected chi connectivity index (χ1v) is 7.16. The second-order valence-corrected chi connectivity index (χ2v) is 5.04. The van der Waals surface area contributed by atoms with Crippen LogP contribution in [0.2, 0.25) is 0 Å². The summed E-state index contributed by atoms with van der Waals surface area (Å²) in [7, 11) is 0. The molecule has 0 aliphatic heterocycles. The minimum absolute atomic E-state index is 0.196. The van der Waals surface area contributed by atoms with Crippen molar-refractivity contribution in [3.63, 3.8) is 0 Å². The highest BCUT2D eigenvalue weighted by Gasteiger charge is 2.23. The van der Waals surface area contributed by atoms with Gasteiger partial charge in [0, 0.05) is 18.7 Å². The van der Waals surface area contributed by atoms with E-state index in [1.54, 1.807) is 36.4 Å². The summed E-state index contributed by atoms with van der Waals surface area (Å²) in [4.78, 5) is 2.11. The summed E-state index contributed by atoms with van der Waals surface area (Å²) < 4.78 is 13.2. The van der Waals surface area contributed by atoms with E-state index < -0.39 is 0 Å². The normalized spacial score (nSPS) is 12.1. The van der Waals surface area contributed by atoms with Gasteiger partial charge in [-0.1, -0.05) is 42.5 Å². The molecule has 1 atom stereocenters. The molecule has 2 rings (SSSR count). The molecule has 0 aliphatic carbocycles. The number of para-hydroxylation sites is 1. The number of benzene rings is 2. The molecule has 2 aromatic carbocycles. The van der Waals surface area contributed by atoms with Crippen molar-refractivity contribution in [2.75, 3.05) is 13.1 Å². The molecule has 22 heavy (non-hydrogen) atoms. The van der Waals surface area contributed by atoms with Gasteiger partial charge in [-0.05, 0) is 23.8 Å². The molecule has 114 valence electrons. The maximum Gasteiger partial charge on any atom is 0.123 e. The van der Waals surface area contributed by atoms with Crippen molar-refractivity contribution in [3.05, 3.63) is 90.8 Å². The lowest BCUT2D eigenvalue weighted by atomic mass is 9.96. The Morgan fingerprint density at radius 2 is 1.59 bits per heavy atom. The number of nitrogens with zero attached hydrogens (tertiary/aromatic N) is 1. The Hall–Kier alpha value is -2.39. The van der Waals surface area contributed by atoms with E-state index in [4.69, 9.17) is 0 Å². The van der Waals surface area contributed by atoms with Gasteiger partial charge in [-0.25, -0.2) is 4.39 Å². The fraction of sp³-hybridized carbons (Fsp3) is 0.158. The third kappa shape index (κ3) is 3.62. The van der Waals surface area contributed by atoms with Gasteiger partial charge in [0.15, 0.2) is 0 Å². The molecule has 3 heteroatoms. The average Bonchev–Trinajstić information content (AvgIpc) is 2.52. The molecule has 0 aromatic heterocycles. The minimum atomic E-state index is -0.279. The Bertz CT molecular complexity index is 626. The minimum Gasteiger partial charge on any atom is -0.508 e. The standard InChI is InChI=1S/C19H20FNO/c1-3-13-21(14-4-2)19(15-9-11-16(20)12-10-15)17-7-5-6-8-18(17)22/h3-12,19,22H,1-2,13-14H2. The molecule has 2 aromatic rings. The molecular formula is C19H20FNO. The molecule has 0 spiro atoms. The van der Waals surface area contributed by atoms with Crippen molar-refractivity contribution in [1.29, 1.82) is 0 Å². The Balaban J connectivity index is 2.52. The van der Waals surface area contributed by atoms with Gasteiger partial charge in [0.05, 0.1) is 6.04 Å². The van der Waals surface area contributed by atoms with Gasteiger partial charge in [0.1, 0.15) is 11.6 Å². The summed E-state index contributed by atoms with van der Waals surface area (Å²) in [6.45, 7) is 8.84. The van der Waals surface area contributed by atoms with Gasteiger partial charge in [0.2, 0.25) is 0 Å². The molecule has 0 amide bonds. The van der Waals surface area contributed by atoms with E-state index in [1.807, 2.05) is 12.1 Å². The largest absolute Gasteiger partial charge is 0.508 e. The second kappa shape index (κ2) is 7.57. The third-order valence-electron chi connectivity index (χ3n) is 3.51. The molecule has 1 unspecified atom stereocenters. The monoisotopic (exact) mass is 297 g/mol. The number of rotatable bonds is 7. The predicted octanol–water partition coefficient (Wildman–Crippen LogP) is 4.29. The van der Waals surface area contributed by atoms with Crippen LogP contribution in [0, 0.1) is 5.82 Å². The molecule has 1 N–H and O–H groups in total. The van der Waals surface area contributed by atoms with E-state index >= 15 is 0 Å². The molecule has 0 fully saturated rings. The fourth-order valence-corrected chi connectivity index (χ4v) is 2.57. The topological polar surface area (TPSA) is 23.5 Å². The van der Waals surface area contributed by atoms with Crippen LogP contribution in [0.25, 0.3) is 0 Å². The summed E-state index contributed by atoms with van der Waals surface area (Å²) in [6.07, 6.45) is 3.61. The summed E-state index contributed by atoms with van der Waals surface area (Å²) in [5, 5.41) is 10.2. The molecule has 0 saturated heterocycles. The van der Waals surface area contributed by atoms with Crippen molar-refractivity contribution in [3.8, 4) is 5.75 Å². The van der Waals surface area contributed by atoms with E-state index in [1.165, 1.54) is 12.1 Å². The first-order valence-electron chi connectivity index (χ1n) is 7.16. The van der Waals surface area contributed by atoms with Crippen LogP contribution in [-0.4, -0.2) is 23.1 Å². The molecular weight excluding hydrogens is 277 g/mol. The van der Waals surface area contributed by atoms with Crippen LogP contribution >= 0.6 is 0 Å². The van der Waals surface area contributed by atoms with Crippen LogP contribution in [0.1, 0.15) is 17.2 Å². The number of phenols is 1. The smallest absolute Gasteiger partial charge is 0.123 e. The van der Waals surface area contributed by atoms with E-state index in [0.717, 1.165) is 11.1 Å². The van der Waals surface area contributed by atoms with Crippen molar-refractivity contribution < 1.29 is 9.50 Å². The van der Waals surface area contributed by atoms with E-state index in [-0.39, 0.29) is 17.6 Å². The average molecular weight is 297 g/mol. The number of halogens is 1. The van der Waals surface area contributed by atoms with Crippen LogP contribution in [0.3, 0.4) is 0 Å². The summed E-state index contributed by atoms with van der Waals surface area (Å²) in [5.41, 5.74) is 1.68. The zero-order valence-electron chi connectivity index (χ0n) is 12.5. The van der Waals surface area contributed by atoms with E-state index in [0.29, 0.717) is 13.1 Å². The van der Waals surface area contributed by atoms with Gasteiger partial charge >= 0.3 is 0 Å². The van der Waals surface area contributed by atoms with Gasteiger partial charge in [-0.2, -0.15) is 0 Å². The molecule has 0 saturated carbocycles. The fourth-order valence-electron chi connectivity index (χ4n) is 2.57. The zero-order valence-corrected chi connectivity index (χ0v) is 12.5. The van der Waals surface area contributed by atoms with Crippen LogP contribution in [-0.2, 0) is 0 Å². The Labute approximate surface area is 130 Å². The highest BCUT2D eigenvalue weighted by atomic mass is 19.1. The Kier molecular flexibility index (Phi) is 5.50. The first-order chi connectivity index (χ1) is 10.7. The predicted molar refractivity (Wildman–Crippen MR) is 88.3 cm³/mol. The number of hydrogen-bond donors (Lipinski definition) is 1. The Morgan fingerprint density at radius 1 is 1.00 bits per heavy atom. The second-order valence-electron chi connectivity index (χ2n) is 5.04. The van der Waals surface area contributed by atoms with Crippen molar-refractivity contribution >= 4 is 0 Å². The number of hydrogen-bond acceptors (Lipinski definition) is 2. The third-order valence-corrected chi connectivity index (χ3v) is 3.51.